The second kappa shape index (κ2) is 9.52. The van der Waals surface area contributed by atoms with Gasteiger partial charge in [-0.15, -0.1) is 0 Å². The molecule has 1 fully saturated rings. The molecule has 0 radical (unpaired) electrons. The molecular weight excluding hydrogens is 416 g/mol. The first-order valence-corrected chi connectivity index (χ1v) is 11.3. The van der Waals surface area contributed by atoms with Crippen LogP contribution in [-0.2, 0) is 13.6 Å². The van der Waals surface area contributed by atoms with Crippen LogP contribution >= 0.6 is 0 Å². The van der Waals surface area contributed by atoms with Gasteiger partial charge in [-0.25, -0.2) is 0 Å². The Labute approximate surface area is 194 Å². The van der Waals surface area contributed by atoms with E-state index in [1.54, 1.807) is 30.4 Å². The van der Waals surface area contributed by atoms with Gasteiger partial charge in [0.05, 0.1) is 11.3 Å². The van der Waals surface area contributed by atoms with Crippen LogP contribution in [0.2, 0.25) is 0 Å². The number of rotatable bonds is 5. The van der Waals surface area contributed by atoms with Gasteiger partial charge in [0.1, 0.15) is 5.69 Å². The normalized spacial score (nSPS) is 14.4. The van der Waals surface area contributed by atoms with Crippen molar-refractivity contribution in [1.29, 1.82) is 0 Å². The van der Waals surface area contributed by atoms with Crippen LogP contribution < -0.4 is 0 Å². The quantitative estimate of drug-likeness (QED) is 0.601. The van der Waals surface area contributed by atoms with Crippen molar-refractivity contribution in [2.75, 3.05) is 20.1 Å². The molecule has 8 nitrogen and oxygen atoms in total. The number of aryl methyl sites for hydroxylation is 2. The number of carbonyl (C=O) groups is 2. The fourth-order valence-electron chi connectivity index (χ4n) is 4.38. The van der Waals surface area contributed by atoms with Gasteiger partial charge in [-0.3, -0.25) is 24.2 Å². The van der Waals surface area contributed by atoms with Gasteiger partial charge in [0.15, 0.2) is 0 Å². The molecule has 0 spiro atoms. The van der Waals surface area contributed by atoms with Gasteiger partial charge in [0.2, 0.25) is 0 Å². The molecule has 0 saturated carbocycles. The maximum absolute atomic E-state index is 12.9. The Morgan fingerprint density at radius 1 is 1.09 bits per heavy atom. The summed E-state index contributed by atoms with van der Waals surface area (Å²) in [7, 11) is 3.71. The van der Waals surface area contributed by atoms with Gasteiger partial charge in [0, 0.05) is 69.0 Å². The molecule has 0 aliphatic carbocycles. The molecule has 8 heteroatoms. The monoisotopic (exact) mass is 446 g/mol. The zero-order valence-electron chi connectivity index (χ0n) is 19.7. The Balaban J connectivity index is 1.35. The number of amides is 2. The van der Waals surface area contributed by atoms with E-state index in [2.05, 4.69) is 15.1 Å². The van der Waals surface area contributed by atoms with Crippen molar-refractivity contribution in [2.24, 2.45) is 7.05 Å². The molecule has 4 heterocycles. The Morgan fingerprint density at radius 2 is 1.85 bits per heavy atom. The predicted octanol–water partition coefficient (Wildman–Crippen LogP) is 3.12. The third-order valence-corrected chi connectivity index (χ3v) is 6.52. The fourth-order valence-corrected chi connectivity index (χ4v) is 4.38. The number of likely N-dealkylation sites (tertiary alicyclic amines) is 1. The molecule has 0 N–H and O–H groups in total. The van der Waals surface area contributed by atoms with Crippen LogP contribution in [-0.4, -0.2) is 61.5 Å². The molecule has 1 aliphatic rings. The summed E-state index contributed by atoms with van der Waals surface area (Å²) in [5.74, 6) is 0.193. The lowest BCUT2D eigenvalue weighted by atomic mass is 9.92. The van der Waals surface area contributed by atoms with Gasteiger partial charge in [0.25, 0.3) is 11.8 Å². The van der Waals surface area contributed by atoms with Crippen LogP contribution in [0.3, 0.4) is 0 Å². The molecule has 1 aliphatic heterocycles. The molecule has 172 valence electrons. The summed E-state index contributed by atoms with van der Waals surface area (Å²) in [6.07, 6.45) is 5.00. The zero-order chi connectivity index (χ0) is 23.5. The van der Waals surface area contributed by atoms with E-state index in [-0.39, 0.29) is 17.7 Å². The first-order chi connectivity index (χ1) is 15.8. The van der Waals surface area contributed by atoms with Crippen molar-refractivity contribution in [3.63, 3.8) is 0 Å². The summed E-state index contributed by atoms with van der Waals surface area (Å²) in [6, 6.07) is 9.19. The van der Waals surface area contributed by atoms with E-state index in [9.17, 15) is 9.59 Å². The first kappa shape index (κ1) is 22.6. The van der Waals surface area contributed by atoms with E-state index in [1.807, 2.05) is 54.7 Å². The number of nitrogens with zero attached hydrogens (tertiary/aromatic N) is 6. The summed E-state index contributed by atoms with van der Waals surface area (Å²) in [5.41, 5.74) is 5.11. The number of piperidine rings is 1. The molecule has 0 unspecified atom stereocenters. The molecule has 3 aromatic rings. The van der Waals surface area contributed by atoms with Crippen molar-refractivity contribution in [2.45, 2.75) is 39.2 Å². The number of pyridine rings is 2. The third-order valence-electron chi connectivity index (χ3n) is 6.52. The SMILES string of the molecule is Cc1nn(C)c(C)c1CN(C)C(=O)c1ccc(C2CCN(C(=O)c3ccccn3)CC2)nc1. The lowest BCUT2D eigenvalue weighted by Crippen LogP contribution is -2.38. The minimum atomic E-state index is -0.0625. The molecule has 4 rings (SSSR count). The number of aromatic nitrogens is 4. The van der Waals surface area contributed by atoms with E-state index in [0.717, 1.165) is 35.5 Å². The van der Waals surface area contributed by atoms with Gasteiger partial charge in [-0.05, 0) is 51.0 Å². The van der Waals surface area contributed by atoms with Crippen LogP contribution in [0.5, 0.6) is 0 Å². The lowest BCUT2D eigenvalue weighted by Gasteiger charge is -2.31. The highest BCUT2D eigenvalue weighted by Gasteiger charge is 2.26. The van der Waals surface area contributed by atoms with Gasteiger partial charge < -0.3 is 9.80 Å². The first-order valence-electron chi connectivity index (χ1n) is 11.3. The number of hydrogen-bond acceptors (Lipinski definition) is 5. The van der Waals surface area contributed by atoms with Crippen LogP contribution in [0.1, 0.15) is 62.3 Å². The molecule has 33 heavy (non-hydrogen) atoms. The molecular formula is C25H30N6O2. The molecule has 2 amide bonds. The van der Waals surface area contributed by atoms with E-state index in [1.165, 1.54) is 0 Å². The minimum absolute atomic E-state index is 0.0231. The highest BCUT2D eigenvalue weighted by Crippen LogP contribution is 2.27. The highest BCUT2D eigenvalue weighted by atomic mass is 16.2. The second-order valence-corrected chi connectivity index (χ2v) is 8.69. The van der Waals surface area contributed by atoms with E-state index in [4.69, 9.17) is 0 Å². The van der Waals surface area contributed by atoms with Crippen molar-refractivity contribution >= 4 is 11.8 Å². The summed E-state index contributed by atoms with van der Waals surface area (Å²) in [4.78, 5) is 37.9. The second-order valence-electron chi connectivity index (χ2n) is 8.69. The van der Waals surface area contributed by atoms with Gasteiger partial charge >= 0.3 is 0 Å². The van der Waals surface area contributed by atoms with E-state index >= 15 is 0 Å². The maximum atomic E-state index is 12.9. The summed E-state index contributed by atoms with van der Waals surface area (Å²) in [6.45, 7) is 5.84. The Hall–Kier alpha value is -3.55. The van der Waals surface area contributed by atoms with Crippen molar-refractivity contribution in [1.82, 2.24) is 29.5 Å². The van der Waals surface area contributed by atoms with Crippen LogP contribution in [0.25, 0.3) is 0 Å². The highest BCUT2D eigenvalue weighted by molar-refractivity contribution is 5.93. The summed E-state index contributed by atoms with van der Waals surface area (Å²) in [5, 5.41) is 4.43. The third kappa shape index (κ3) is 4.79. The van der Waals surface area contributed by atoms with Crippen molar-refractivity contribution in [3.8, 4) is 0 Å². The molecule has 0 bridgehead atoms. The van der Waals surface area contributed by atoms with Crippen LogP contribution in [0.4, 0.5) is 0 Å². The Morgan fingerprint density at radius 3 is 2.42 bits per heavy atom. The largest absolute Gasteiger partial charge is 0.337 e. The smallest absolute Gasteiger partial charge is 0.272 e. The molecule has 3 aromatic heterocycles. The van der Waals surface area contributed by atoms with Gasteiger partial charge in [-0.1, -0.05) is 6.07 Å². The molecule has 1 saturated heterocycles. The van der Waals surface area contributed by atoms with Crippen molar-refractivity contribution < 1.29 is 9.59 Å². The van der Waals surface area contributed by atoms with Gasteiger partial charge in [-0.2, -0.15) is 5.10 Å². The maximum Gasteiger partial charge on any atom is 0.272 e. The lowest BCUT2D eigenvalue weighted by molar-refractivity contribution is 0.0705. The van der Waals surface area contributed by atoms with E-state index < -0.39 is 0 Å². The number of hydrogen-bond donors (Lipinski definition) is 0. The van der Waals surface area contributed by atoms with Crippen LogP contribution in [0.15, 0.2) is 42.7 Å². The Bertz CT molecular complexity index is 1130. The average molecular weight is 447 g/mol. The molecule has 0 aromatic carbocycles. The predicted molar refractivity (Wildman–Crippen MR) is 125 cm³/mol. The summed E-state index contributed by atoms with van der Waals surface area (Å²) >= 11 is 0. The average Bonchev–Trinajstić information content (AvgIpc) is 3.09. The van der Waals surface area contributed by atoms with Crippen LogP contribution in [0, 0.1) is 13.8 Å². The topological polar surface area (TPSA) is 84.2 Å². The van der Waals surface area contributed by atoms with E-state index in [0.29, 0.717) is 30.9 Å². The Kier molecular flexibility index (Phi) is 6.53. The van der Waals surface area contributed by atoms with Crippen molar-refractivity contribution in [3.05, 3.63) is 76.6 Å². The summed E-state index contributed by atoms with van der Waals surface area (Å²) < 4.78 is 1.84. The molecule has 0 atom stereocenters. The number of carbonyl (C=O) groups excluding carboxylic acids is 2. The minimum Gasteiger partial charge on any atom is -0.337 e. The fraction of sp³-hybridized carbons (Fsp3) is 0.400. The zero-order valence-corrected chi connectivity index (χ0v) is 19.7. The standard InChI is InChI=1S/C25H30N6O2/c1-17-21(18(2)30(4)28-17)16-29(3)24(32)20-8-9-22(27-15-20)19-10-13-31(14-11-19)25(33)23-7-5-6-12-26-23/h5-9,12,15,19H,10-11,13-14,16H2,1-4H3.